The number of carbonyl (C=O) groups excluding carboxylic acids is 1. The highest BCUT2D eigenvalue weighted by Crippen LogP contribution is 2.18. The van der Waals surface area contributed by atoms with E-state index in [1.54, 1.807) is 11.1 Å². The second-order valence-corrected chi connectivity index (χ2v) is 6.41. The summed E-state index contributed by atoms with van der Waals surface area (Å²) in [5, 5.41) is 3.40. The second-order valence-electron chi connectivity index (χ2n) is 6.41. The molecule has 7 nitrogen and oxygen atoms in total. The number of piperidine rings is 1. The van der Waals surface area contributed by atoms with Crippen LogP contribution in [0.5, 0.6) is 0 Å². The smallest absolute Gasteiger partial charge is 0.410 e. The van der Waals surface area contributed by atoms with Crippen molar-refractivity contribution in [3.8, 4) is 0 Å². The van der Waals surface area contributed by atoms with Gasteiger partial charge in [-0.3, -0.25) is 0 Å². The molecule has 3 aromatic rings. The number of aromatic amines is 1. The van der Waals surface area contributed by atoms with Gasteiger partial charge >= 0.3 is 6.09 Å². The molecule has 1 saturated heterocycles. The average Bonchev–Trinajstić information content (AvgIpc) is 3.10. The van der Waals surface area contributed by atoms with Crippen molar-refractivity contribution in [1.29, 1.82) is 0 Å². The van der Waals surface area contributed by atoms with E-state index >= 15 is 0 Å². The number of rotatable bonds is 4. The van der Waals surface area contributed by atoms with Crippen LogP contribution in [0.2, 0.25) is 0 Å². The van der Waals surface area contributed by atoms with Gasteiger partial charge in [0, 0.05) is 25.3 Å². The maximum absolute atomic E-state index is 12.2. The molecule has 2 N–H and O–H groups in total. The summed E-state index contributed by atoms with van der Waals surface area (Å²) in [7, 11) is 0. The van der Waals surface area contributed by atoms with Gasteiger partial charge in [0.2, 0.25) is 5.95 Å². The van der Waals surface area contributed by atoms with Crippen LogP contribution in [0.4, 0.5) is 10.7 Å². The Morgan fingerprint density at radius 1 is 1.19 bits per heavy atom. The Balaban J connectivity index is 1.26. The third-order valence-electron chi connectivity index (χ3n) is 4.56. The van der Waals surface area contributed by atoms with Gasteiger partial charge < -0.3 is 19.9 Å². The van der Waals surface area contributed by atoms with Gasteiger partial charge in [-0.15, -0.1) is 0 Å². The minimum absolute atomic E-state index is 0.250. The zero-order valence-corrected chi connectivity index (χ0v) is 14.4. The highest BCUT2D eigenvalue weighted by molar-refractivity contribution is 5.72. The first-order valence-electron chi connectivity index (χ1n) is 8.81. The lowest BCUT2D eigenvalue weighted by Crippen LogP contribution is -2.42. The molecule has 0 bridgehead atoms. The Morgan fingerprint density at radius 3 is 2.77 bits per heavy atom. The molecule has 0 saturated carbocycles. The van der Waals surface area contributed by atoms with E-state index in [-0.39, 0.29) is 12.1 Å². The number of benzene rings is 1. The fraction of sp³-hybridized carbons (Fsp3) is 0.316. The first kappa shape index (κ1) is 16.4. The van der Waals surface area contributed by atoms with Crippen molar-refractivity contribution in [3.05, 3.63) is 54.2 Å². The van der Waals surface area contributed by atoms with Crippen molar-refractivity contribution in [2.75, 3.05) is 18.4 Å². The Labute approximate surface area is 151 Å². The molecule has 26 heavy (non-hydrogen) atoms. The van der Waals surface area contributed by atoms with Crippen LogP contribution in [0.25, 0.3) is 11.2 Å². The third kappa shape index (κ3) is 3.77. The summed E-state index contributed by atoms with van der Waals surface area (Å²) in [5.41, 5.74) is 2.62. The van der Waals surface area contributed by atoms with E-state index in [9.17, 15) is 4.79 Å². The van der Waals surface area contributed by atoms with Gasteiger partial charge in [0.15, 0.2) is 5.65 Å². The maximum Gasteiger partial charge on any atom is 0.410 e. The molecule has 3 heterocycles. The summed E-state index contributed by atoms with van der Waals surface area (Å²) in [6.45, 7) is 1.65. The van der Waals surface area contributed by atoms with E-state index in [2.05, 4.69) is 20.3 Å². The molecule has 0 radical (unpaired) electrons. The number of ether oxygens (including phenoxy) is 1. The molecule has 0 spiro atoms. The molecular formula is C19H21N5O2. The molecule has 0 unspecified atom stereocenters. The number of amides is 1. The first-order valence-corrected chi connectivity index (χ1v) is 8.81. The van der Waals surface area contributed by atoms with Crippen molar-refractivity contribution in [2.24, 2.45) is 0 Å². The number of anilines is 1. The average molecular weight is 351 g/mol. The Morgan fingerprint density at radius 2 is 2.00 bits per heavy atom. The standard InChI is InChI=1S/C19H21N5O2/c25-19(26-13-14-5-2-1-3-6-14)24-11-8-15(9-12-24)21-18-22-16-7-4-10-20-17(16)23-18/h1-7,10,15H,8-9,11-13H2,(H2,20,21,22,23). The summed E-state index contributed by atoms with van der Waals surface area (Å²) in [6.07, 6.45) is 3.18. The molecule has 0 atom stereocenters. The molecule has 7 heteroatoms. The van der Waals surface area contributed by atoms with Gasteiger partial charge in [-0.2, -0.15) is 4.98 Å². The van der Waals surface area contributed by atoms with Gasteiger partial charge in [-0.05, 0) is 30.5 Å². The van der Waals surface area contributed by atoms with Gasteiger partial charge in [0.25, 0.3) is 0 Å². The van der Waals surface area contributed by atoms with Crippen LogP contribution >= 0.6 is 0 Å². The van der Waals surface area contributed by atoms with Crippen molar-refractivity contribution in [3.63, 3.8) is 0 Å². The Hall–Kier alpha value is -3.09. The molecule has 134 valence electrons. The summed E-state index contributed by atoms with van der Waals surface area (Å²) in [4.78, 5) is 25.9. The Kier molecular flexibility index (Phi) is 4.68. The van der Waals surface area contributed by atoms with Crippen LogP contribution in [0.15, 0.2) is 48.7 Å². The van der Waals surface area contributed by atoms with Crippen LogP contribution in [-0.4, -0.2) is 45.1 Å². The highest BCUT2D eigenvalue weighted by Gasteiger charge is 2.24. The summed E-state index contributed by atoms with van der Waals surface area (Å²) in [5.74, 6) is 0.726. The molecule has 2 aromatic heterocycles. The molecule has 1 aromatic carbocycles. The summed E-state index contributed by atoms with van der Waals surface area (Å²) in [6, 6.07) is 13.8. The number of hydrogen-bond donors (Lipinski definition) is 2. The first-order chi connectivity index (χ1) is 12.8. The quantitative estimate of drug-likeness (QED) is 0.754. The molecule has 1 aliphatic rings. The van der Waals surface area contributed by atoms with Crippen molar-refractivity contribution in [2.45, 2.75) is 25.5 Å². The lowest BCUT2D eigenvalue weighted by molar-refractivity contribution is 0.0881. The predicted octanol–water partition coefficient (Wildman–Crippen LogP) is 3.17. The molecule has 0 aliphatic carbocycles. The number of nitrogens with one attached hydrogen (secondary N) is 2. The molecule has 1 fully saturated rings. The normalized spacial score (nSPS) is 15.2. The number of H-pyrrole nitrogens is 1. The maximum atomic E-state index is 12.2. The number of carbonyl (C=O) groups is 1. The van der Waals surface area contributed by atoms with Gasteiger partial charge in [0.1, 0.15) is 6.61 Å². The SMILES string of the molecule is O=C(OCc1ccccc1)N1CCC(Nc2nc3ncccc3[nH]2)CC1. The zero-order chi connectivity index (χ0) is 17.8. The number of fused-ring (bicyclic) bond motifs is 1. The van der Waals surface area contributed by atoms with Crippen LogP contribution < -0.4 is 5.32 Å². The van der Waals surface area contributed by atoms with E-state index in [4.69, 9.17) is 4.74 Å². The van der Waals surface area contributed by atoms with E-state index in [0.717, 1.165) is 29.9 Å². The van der Waals surface area contributed by atoms with Crippen LogP contribution in [0.1, 0.15) is 18.4 Å². The number of likely N-dealkylation sites (tertiary alicyclic amines) is 1. The Bertz CT molecular complexity index is 839. The van der Waals surface area contributed by atoms with Crippen LogP contribution in [0, 0.1) is 0 Å². The number of hydrogen-bond acceptors (Lipinski definition) is 5. The van der Waals surface area contributed by atoms with E-state index < -0.39 is 0 Å². The highest BCUT2D eigenvalue weighted by atomic mass is 16.6. The third-order valence-corrected chi connectivity index (χ3v) is 4.56. The predicted molar refractivity (Wildman–Crippen MR) is 98.7 cm³/mol. The fourth-order valence-corrected chi connectivity index (χ4v) is 3.12. The number of nitrogens with zero attached hydrogens (tertiary/aromatic N) is 3. The van der Waals surface area contributed by atoms with E-state index in [1.165, 1.54) is 0 Å². The molecule has 1 aliphatic heterocycles. The van der Waals surface area contributed by atoms with Crippen LogP contribution in [-0.2, 0) is 11.3 Å². The summed E-state index contributed by atoms with van der Waals surface area (Å²) < 4.78 is 5.40. The molecular weight excluding hydrogens is 330 g/mol. The van der Waals surface area contributed by atoms with Crippen molar-refractivity contribution in [1.82, 2.24) is 19.9 Å². The molecule has 4 rings (SSSR count). The van der Waals surface area contributed by atoms with E-state index in [1.807, 2.05) is 42.5 Å². The number of pyridine rings is 1. The van der Waals surface area contributed by atoms with Crippen molar-refractivity contribution >= 4 is 23.2 Å². The lowest BCUT2D eigenvalue weighted by Gasteiger charge is -2.31. The van der Waals surface area contributed by atoms with Gasteiger partial charge in [-0.1, -0.05) is 30.3 Å². The van der Waals surface area contributed by atoms with Gasteiger partial charge in [-0.25, -0.2) is 9.78 Å². The molecule has 1 amide bonds. The van der Waals surface area contributed by atoms with Gasteiger partial charge in [0.05, 0.1) is 5.52 Å². The van der Waals surface area contributed by atoms with Crippen molar-refractivity contribution < 1.29 is 9.53 Å². The summed E-state index contributed by atoms with van der Waals surface area (Å²) >= 11 is 0. The lowest BCUT2D eigenvalue weighted by atomic mass is 10.1. The number of imidazole rings is 1. The minimum Gasteiger partial charge on any atom is -0.445 e. The largest absolute Gasteiger partial charge is 0.445 e. The minimum atomic E-state index is -0.250. The monoisotopic (exact) mass is 351 g/mol. The fourth-order valence-electron chi connectivity index (χ4n) is 3.12. The zero-order valence-electron chi connectivity index (χ0n) is 14.4. The van der Waals surface area contributed by atoms with Crippen LogP contribution in [0.3, 0.4) is 0 Å². The number of aromatic nitrogens is 3. The van der Waals surface area contributed by atoms with E-state index in [0.29, 0.717) is 25.3 Å². The second kappa shape index (κ2) is 7.43. The topological polar surface area (TPSA) is 83.1 Å².